The molecule has 142 valence electrons. The molecule has 2 aromatic heterocycles. The number of aryl methyl sites for hydroxylation is 1. The summed E-state index contributed by atoms with van der Waals surface area (Å²) in [7, 11) is 0. The molecule has 0 aliphatic carbocycles. The first-order valence-corrected chi connectivity index (χ1v) is 9.39. The average molecular weight is 381 g/mol. The summed E-state index contributed by atoms with van der Waals surface area (Å²) in [5, 5.41) is 17.1. The van der Waals surface area contributed by atoms with Crippen LogP contribution in [-0.4, -0.2) is 20.7 Å². The Kier molecular flexibility index (Phi) is 5.04. The summed E-state index contributed by atoms with van der Waals surface area (Å²) in [6.07, 6.45) is 1.69. The zero-order chi connectivity index (χ0) is 20.2. The average Bonchev–Trinajstić information content (AvgIpc) is 3.20. The van der Waals surface area contributed by atoms with Crippen molar-refractivity contribution in [3.63, 3.8) is 0 Å². The Morgan fingerprint density at radius 1 is 1.14 bits per heavy atom. The number of rotatable bonds is 5. The lowest BCUT2D eigenvalue weighted by molar-refractivity contribution is 0.0952. The smallest absolute Gasteiger partial charge is 0.252 e. The van der Waals surface area contributed by atoms with Gasteiger partial charge in [-0.3, -0.25) is 4.79 Å². The number of amides is 1. The molecule has 0 fully saturated rings. The molecule has 0 saturated heterocycles. The maximum Gasteiger partial charge on any atom is 0.252 e. The van der Waals surface area contributed by atoms with Crippen LogP contribution in [0.4, 0.5) is 0 Å². The molecular weight excluding hydrogens is 362 g/mol. The Balaban J connectivity index is 1.70. The molecule has 2 aromatic carbocycles. The maximum absolute atomic E-state index is 13.0. The van der Waals surface area contributed by atoms with Crippen molar-refractivity contribution in [2.75, 3.05) is 0 Å². The second kappa shape index (κ2) is 7.95. The van der Waals surface area contributed by atoms with Crippen molar-refractivity contribution in [3.8, 4) is 17.3 Å². The SMILES string of the molecule is CCn1ncc2c(C(=O)NCc3cccc(C#N)c3)cc(-c3ccccc3)nc21. The lowest BCUT2D eigenvalue weighted by atomic mass is 10.1. The standard InChI is InChI=1S/C23H19N5O/c1-2-28-22-20(15-26-28)19(12-21(27-22)18-9-4-3-5-10-18)23(29)25-14-17-8-6-7-16(11-17)13-24/h3-12,15H,2,14H2,1H3,(H,25,29). The number of pyridine rings is 1. The third-order valence-electron chi connectivity index (χ3n) is 4.73. The minimum Gasteiger partial charge on any atom is -0.348 e. The van der Waals surface area contributed by atoms with Gasteiger partial charge in [0.25, 0.3) is 5.91 Å². The van der Waals surface area contributed by atoms with Crippen LogP contribution in [0.15, 0.2) is 66.9 Å². The topological polar surface area (TPSA) is 83.6 Å². The normalized spacial score (nSPS) is 10.6. The highest BCUT2D eigenvalue weighted by Crippen LogP contribution is 2.25. The van der Waals surface area contributed by atoms with Crippen LogP contribution < -0.4 is 5.32 Å². The van der Waals surface area contributed by atoms with Gasteiger partial charge in [0.15, 0.2) is 5.65 Å². The fourth-order valence-electron chi connectivity index (χ4n) is 3.25. The van der Waals surface area contributed by atoms with Gasteiger partial charge in [0.2, 0.25) is 0 Å². The van der Waals surface area contributed by atoms with Gasteiger partial charge >= 0.3 is 0 Å². The molecular formula is C23H19N5O. The molecule has 4 rings (SSSR count). The molecule has 0 spiro atoms. The number of nitriles is 1. The lowest BCUT2D eigenvalue weighted by Crippen LogP contribution is -2.23. The summed E-state index contributed by atoms with van der Waals surface area (Å²) >= 11 is 0. The zero-order valence-electron chi connectivity index (χ0n) is 16.0. The second-order valence-electron chi connectivity index (χ2n) is 6.61. The second-order valence-corrected chi connectivity index (χ2v) is 6.61. The van der Waals surface area contributed by atoms with Gasteiger partial charge in [-0.1, -0.05) is 42.5 Å². The Morgan fingerprint density at radius 2 is 1.97 bits per heavy atom. The van der Waals surface area contributed by atoms with Crippen LogP contribution in [0.25, 0.3) is 22.3 Å². The number of carbonyl (C=O) groups is 1. The number of fused-ring (bicyclic) bond motifs is 1. The van der Waals surface area contributed by atoms with E-state index in [9.17, 15) is 4.79 Å². The molecule has 0 unspecified atom stereocenters. The van der Waals surface area contributed by atoms with Gasteiger partial charge in [-0.05, 0) is 30.7 Å². The van der Waals surface area contributed by atoms with E-state index in [2.05, 4.69) is 16.5 Å². The van der Waals surface area contributed by atoms with Crippen molar-refractivity contribution < 1.29 is 4.79 Å². The predicted molar refractivity (Wildman–Crippen MR) is 111 cm³/mol. The highest BCUT2D eigenvalue weighted by Gasteiger charge is 2.17. The van der Waals surface area contributed by atoms with Crippen molar-refractivity contribution in [2.24, 2.45) is 0 Å². The first kappa shape index (κ1) is 18.4. The molecule has 6 heteroatoms. The largest absolute Gasteiger partial charge is 0.348 e. The number of hydrogen-bond donors (Lipinski definition) is 1. The summed E-state index contributed by atoms with van der Waals surface area (Å²) in [5.41, 5.74) is 4.32. The molecule has 0 atom stereocenters. The number of nitrogens with one attached hydrogen (secondary N) is 1. The zero-order valence-corrected chi connectivity index (χ0v) is 16.0. The van der Waals surface area contributed by atoms with Crippen LogP contribution in [0.3, 0.4) is 0 Å². The molecule has 0 aliphatic rings. The summed E-state index contributed by atoms with van der Waals surface area (Å²) in [6.45, 7) is 2.99. The van der Waals surface area contributed by atoms with Crippen molar-refractivity contribution >= 4 is 16.9 Å². The first-order valence-electron chi connectivity index (χ1n) is 9.39. The molecule has 0 aliphatic heterocycles. The van der Waals surface area contributed by atoms with Crippen LogP contribution in [-0.2, 0) is 13.1 Å². The van der Waals surface area contributed by atoms with E-state index >= 15 is 0 Å². The van der Waals surface area contributed by atoms with Gasteiger partial charge in [0.05, 0.1) is 34.5 Å². The number of nitrogens with zero attached hydrogens (tertiary/aromatic N) is 4. The van der Waals surface area contributed by atoms with Gasteiger partial charge in [0.1, 0.15) is 0 Å². The van der Waals surface area contributed by atoms with E-state index in [0.717, 1.165) is 22.2 Å². The molecule has 4 aromatic rings. The van der Waals surface area contributed by atoms with Gasteiger partial charge in [-0.15, -0.1) is 0 Å². The monoisotopic (exact) mass is 381 g/mol. The summed E-state index contributed by atoms with van der Waals surface area (Å²) in [5.74, 6) is -0.201. The van der Waals surface area contributed by atoms with Crippen LogP contribution in [0.2, 0.25) is 0 Å². The van der Waals surface area contributed by atoms with Crippen molar-refractivity contribution in [1.29, 1.82) is 5.26 Å². The minimum absolute atomic E-state index is 0.201. The fraction of sp³-hybridized carbons (Fsp3) is 0.130. The quantitative estimate of drug-likeness (QED) is 0.568. The molecule has 0 bridgehead atoms. The highest BCUT2D eigenvalue weighted by molar-refractivity contribution is 6.06. The summed E-state index contributed by atoms with van der Waals surface area (Å²) in [4.78, 5) is 17.8. The molecule has 2 heterocycles. The summed E-state index contributed by atoms with van der Waals surface area (Å²) in [6, 6.07) is 20.9. The third kappa shape index (κ3) is 3.71. The molecule has 1 amide bonds. The Bertz CT molecular complexity index is 1220. The number of carbonyl (C=O) groups excluding carboxylic acids is 1. The molecule has 1 N–H and O–H groups in total. The highest BCUT2D eigenvalue weighted by atomic mass is 16.1. The van der Waals surface area contributed by atoms with Crippen LogP contribution in [0.5, 0.6) is 0 Å². The van der Waals surface area contributed by atoms with E-state index in [1.807, 2.05) is 49.4 Å². The Hall–Kier alpha value is -3.98. The van der Waals surface area contributed by atoms with E-state index in [4.69, 9.17) is 10.2 Å². The molecule has 0 radical (unpaired) electrons. The van der Waals surface area contributed by atoms with Crippen molar-refractivity contribution in [2.45, 2.75) is 20.0 Å². The van der Waals surface area contributed by atoms with Gasteiger partial charge in [0, 0.05) is 18.7 Å². The number of hydrogen-bond acceptors (Lipinski definition) is 4. The van der Waals surface area contributed by atoms with Crippen molar-refractivity contribution in [1.82, 2.24) is 20.1 Å². The molecule has 6 nitrogen and oxygen atoms in total. The fourth-order valence-corrected chi connectivity index (χ4v) is 3.25. The minimum atomic E-state index is -0.201. The number of benzene rings is 2. The van der Waals surface area contributed by atoms with Gasteiger partial charge in [-0.2, -0.15) is 10.4 Å². The van der Waals surface area contributed by atoms with Crippen LogP contribution in [0.1, 0.15) is 28.4 Å². The van der Waals surface area contributed by atoms with E-state index < -0.39 is 0 Å². The number of aromatic nitrogens is 3. The Morgan fingerprint density at radius 3 is 2.72 bits per heavy atom. The van der Waals surface area contributed by atoms with E-state index in [1.54, 1.807) is 29.1 Å². The molecule has 0 saturated carbocycles. The maximum atomic E-state index is 13.0. The first-order chi connectivity index (χ1) is 14.2. The lowest BCUT2D eigenvalue weighted by Gasteiger charge is -2.10. The predicted octanol–water partition coefficient (Wildman–Crippen LogP) is 3.92. The molecule has 29 heavy (non-hydrogen) atoms. The van der Waals surface area contributed by atoms with Gasteiger partial charge < -0.3 is 5.32 Å². The van der Waals surface area contributed by atoms with E-state index in [-0.39, 0.29) is 5.91 Å². The third-order valence-corrected chi connectivity index (χ3v) is 4.73. The van der Waals surface area contributed by atoms with E-state index in [1.165, 1.54) is 0 Å². The van der Waals surface area contributed by atoms with Gasteiger partial charge in [-0.25, -0.2) is 9.67 Å². The summed E-state index contributed by atoms with van der Waals surface area (Å²) < 4.78 is 1.79. The van der Waals surface area contributed by atoms with Crippen molar-refractivity contribution in [3.05, 3.63) is 83.6 Å². The van der Waals surface area contributed by atoms with Crippen LogP contribution in [0, 0.1) is 11.3 Å². The van der Waals surface area contributed by atoms with E-state index in [0.29, 0.717) is 29.9 Å². The van der Waals surface area contributed by atoms with Crippen LogP contribution >= 0.6 is 0 Å². The Labute approximate surface area is 168 Å².